The van der Waals surface area contributed by atoms with Gasteiger partial charge in [0.15, 0.2) is 0 Å². The summed E-state index contributed by atoms with van der Waals surface area (Å²) in [5.41, 5.74) is 1.38. The fourth-order valence-electron chi connectivity index (χ4n) is 2.11. The molecule has 0 saturated heterocycles. The maximum atomic E-state index is 13.2. The van der Waals surface area contributed by atoms with Crippen LogP contribution in [0.5, 0.6) is 0 Å². The number of rotatable bonds is 6. The van der Waals surface area contributed by atoms with E-state index in [9.17, 15) is 14.0 Å². The summed E-state index contributed by atoms with van der Waals surface area (Å²) in [6.07, 6.45) is 0.194. The van der Waals surface area contributed by atoms with Crippen LogP contribution in [0.25, 0.3) is 0 Å². The number of benzene rings is 1. The van der Waals surface area contributed by atoms with Crippen molar-refractivity contribution in [1.29, 1.82) is 0 Å². The Balaban J connectivity index is 1.82. The molecule has 7 heteroatoms. The lowest BCUT2D eigenvalue weighted by Crippen LogP contribution is -2.32. The third kappa shape index (κ3) is 4.88. The van der Waals surface area contributed by atoms with E-state index < -0.39 is 11.7 Å². The highest BCUT2D eigenvalue weighted by Crippen LogP contribution is 2.18. The molecule has 0 aliphatic heterocycles. The zero-order chi connectivity index (χ0) is 17.7. The van der Waals surface area contributed by atoms with Gasteiger partial charge in [-0.2, -0.15) is 0 Å². The number of nitrogens with zero attached hydrogens (tertiary/aromatic N) is 1. The minimum atomic E-state index is -0.481. The predicted molar refractivity (Wildman–Crippen MR) is 96.6 cm³/mol. The van der Waals surface area contributed by atoms with Gasteiger partial charge in [-0.3, -0.25) is 9.59 Å². The van der Waals surface area contributed by atoms with E-state index in [1.807, 2.05) is 18.4 Å². The second kappa shape index (κ2) is 8.39. The summed E-state index contributed by atoms with van der Waals surface area (Å²) in [4.78, 5) is 27.0. The van der Waals surface area contributed by atoms with Gasteiger partial charge in [0.1, 0.15) is 5.82 Å². The van der Waals surface area contributed by atoms with Gasteiger partial charge in [-0.05, 0) is 58.1 Å². The summed E-state index contributed by atoms with van der Waals surface area (Å²) in [6.45, 7) is 2.78. The Morgan fingerprint density at radius 3 is 2.75 bits per heavy atom. The largest absolute Gasteiger partial charge is 0.351 e. The Hall–Kier alpha value is -1.73. The molecular weight excluding hydrogens is 395 g/mol. The fourth-order valence-corrected chi connectivity index (χ4v) is 3.50. The van der Waals surface area contributed by atoms with Crippen LogP contribution in [0.3, 0.4) is 0 Å². The zero-order valence-electron chi connectivity index (χ0n) is 13.4. The molecule has 4 nitrogen and oxygen atoms in total. The Morgan fingerprint density at radius 2 is 2.08 bits per heavy atom. The van der Waals surface area contributed by atoms with Gasteiger partial charge in [0, 0.05) is 29.4 Å². The first-order chi connectivity index (χ1) is 11.4. The maximum absolute atomic E-state index is 13.2. The van der Waals surface area contributed by atoms with Gasteiger partial charge in [-0.15, -0.1) is 11.3 Å². The monoisotopic (exact) mass is 412 g/mol. The molecule has 0 saturated carbocycles. The van der Waals surface area contributed by atoms with Gasteiger partial charge in [0.05, 0.1) is 12.1 Å². The number of hydrogen-bond acceptors (Lipinski definition) is 3. The van der Waals surface area contributed by atoms with Crippen molar-refractivity contribution in [3.63, 3.8) is 0 Å². The van der Waals surface area contributed by atoms with Crippen LogP contribution in [0.2, 0.25) is 0 Å². The number of aryl methyl sites for hydroxylation is 1. The Labute approximate surface area is 152 Å². The average Bonchev–Trinajstić information content (AvgIpc) is 2.94. The van der Waals surface area contributed by atoms with Gasteiger partial charge >= 0.3 is 0 Å². The van der Waals surface area contributed by atoms with Crippen molar-refractivity contribution in [2.45, 2.75) is 19.9 Å². The van der Waals surface area contributed by atoms with Gasteiger partial charge in [0.25, 0.3) is 5.91 Å². The molecule has 0 unspecified atom stereocenters. The molecule has 0 fully saturated rings. The second-order valence-electron chi connectivity index (χ2n) is 5.41. The zero-order valence-corrected chi connectivity index (χ0v) is 15.8. The quantitative estimate of drug-likeness (QED) is 0.785. The van der Waals surface area contributed by atoms with Crippen molar-refractivity contribution in [2.75, 3.05) is 13.6 Å². The van der Waals surface area contributed by atoms with E-state index in [0.29, 0.717) is 11.0 Å². The van der Waals surface area contributed by atoms with Crippen molar-refractivity contribution >= 4 is 39.1 Å². The van der Waals surface area contributed by atoms with E-state index in [2.05, 4.69) is 21.2 Å². The molecule has 128 valence electrons. The van der Waals surface area contributed by atoms with Crippen LogP contribution in [-0.2, 0) is 11.3 Å². The van der Waals surface area contributed by atoms with E-state index in [4.69, 9.17) is 0 Å². The Morgan fingerprint density at radius 1 is 1.33 bits per heavy atom. The van der Waals surface area contributed by atoms with Crippen molar-refractivity contribution in [1.82, 2.24) is 10.2 Å². The molecule has 0 bridgehead atoms. The lowest BCUT2D eigenvalue weighted by Gasteiger charge is -2.17. The fraction of sp³-hybridized carbons (Fsp3) is 0.294. The van der Waals surface area contributed by atoms with Crippen LogP contribution in [0, 0.1) is 12.7 Å². The van der Waals surface area contributed by atoms with Gasteiger partial charge in [-0.1, -0.05) is 0 Å². The first kappa shape index (κ1) is 18.6. The number of thiophene rings is 1. The van der Waals surface area contributed by atoms with Crippen LogP contribution >= 0.6 is 27.3 Å². The first-order valence-corrected chi connectivity index (χ1v) is 9.06. The van der Waals surface area contributed by atoms with Crippen LogP contribution in [0.15, 0.2) is 34.1 Å². The van der Waals surface area contributed by atoms with E-state index >= 15 is 0 Å². The topological polar surface area (TPSA) is 49.4 Å². The van der Waals surface area contributed by atoms with Crippen molar-refractivity contribution < 1.29 is 14.0 Å². The summed E-state index contributed by atoms with van der Waals surface area (Å²) in [6, 6.07) is 5.93. The highest BCUT2D eigenvalue weighted by molar-refractivity contribution is 9.10. The normalized spacial score (nSPS) is 10.5. The molecule has 1 heterocycles. The lowest BCUT2D eigenvalue weighted by atomic mass is 10.2. The number of carbonyl (C=O) groups excluding carboxylic acids is 2. The molecule has 2 rings (SSSR count). The Bertz CT molecular complexity index is 748. The van der Waals surface area contributed by atoms with E-state index in [0.717, 1.165) is 10.9 Å². The molecule has 0 aliphatic rings. The number of nitrogens with one attached hydrogen (secondary N) is 1. The molecule has 2 aromatic rings. The molecule has 1 aromatic heterocycles. The third-order valence-corrected chi connectivity index (χ3v) is 5.27. The summed E-state index contributed by atoms with van der Waals surface area (Å²) < 4.78 is 13.7. The Kier molecular flexibility index (Phi) is 6.51. The lowest BCUT2D eigenvalue weighted by molar-refractivity contribution is -0.130. The van der Waals surface area contributed by atoms with Crippen LogP contribution in [0.1, 0.15) is 27.2 Å². The third-order valence-electron chi connectivity index (χ3n) is 3.57. The van der Waals surface area contributed by atoms with E-state index in [1.54, 1.807) is 23.3 Å². The molecule has 1 N–H and O–H groups in total. The van der Waals surface area contributed by atoms with E-state index in [-0.39, 0.29) is 24.4 Å². The summed E-state index contributed by atoms with van der Waals surface area (Å²) >= 11 is 4.83. The molecule has 1 aromatic carbocycles. The smallest absolute Gasteiger partial charge is 0.252 e. The molecule has 0 atom stereocenters. The summed E-state index contributed by atoms with van der Waals surface area (Å²) in [7, 11) is 1.74. The van der Waals surface area contributed by atoms with E-state index in [1.165, 1.54) is 17.7 Å². The SMILES string of the molecule is Cc1ccsc1CN(C)C(=O)CCNC(=O)c1cc(F)ccc1Br. The average molecular weight is 413 g/mol. The first-order valence-electron chi connectivity index (χ1n) is 7.38. The highest BCUT2D eigenvalue weighted by atomic mass is 79.9. The van der Waals surface area contributed by atoms with Crippen LogP contribution in [-0.4, -0.2) is 30.3 Å². The molecule has 2 amide bonds. The van der Waals surface area contributed by atoms with Crippen LogP contribution < -0.4 is 5.32 Å². The van der Waals surface area contributed by atoms with Crippen molar-refractivity contribution in [2.24, 2.45) is 0 Å². The highest BCUT2D eigenvalue weighted by Gasteiger charge is 2.14. The summed E-state index contributed by atoms with van der Waals surface area (Å²) in [5.74, 6) is -0.946. The van der Waals surface area contributed by atoms with Gasteiger partial charge in [0.2, 0.25) is 5.91 Å². The predicted octanol–water partition coefficient (Wildman–Crippen LogP) is 3.74. The van der Waals surface area contributed by atoms with Gasteiger partial charge in [-0.25, -0.2) is 4.39 Å². The summed E-state index contributed by atoms with van der Waals surface area (Å²) in [5, 5.41) is 4.64. The number of hydrogen-bond donors (Lipinski definition) is 1. The molecule has 24 heavy (non-hydrogen) atoms. The minimum Gasteiger partial charge on any atom is -0.351 e. The van der Waals surface area contributed by atoms with Crippen molar-refractivity contribution in [3.05, 3.63) is 55.9 Å². The molecule has 0 spiro atoms. The molecule has 0 aliphatic carbocycles. The standard InChI is InChI=1S/C17H18BrFN2O2S/c1-11-6-8-24-15(11)10-21(2)16(22)5-7-20-17(23)13-9-12(19)3-4-14(13)18/h3-4,6,8-9H,5,7,10H2,1-2H3,(H,20,23). The maximum Gasteiger partial charge on any atom is 0.252 e. The molecule has 0 radical (unpaired) electrons. The second-order valence-corrected chi connectivity index (χ2v) is 7.26. The number of halogens is 2. The van der Waals surface area contributed by atoms with Crippen molar-refractivity contribution in [3.8, 4) is 0 Å². The minimum absolute atomic E-state index is 0.0543. The van der Waals surface area contributed by atoms with Crippen LogP contribution in [0.4, 0.5) is 4.39 Å². The molecular formula is C17H18BrFN2O2S. The number of carbonyl (C=O) groups is 2. The van der Waals surface area contributed by atoms with Gasteiger partial charge < -0.3 is 10.2 Å². The number of amides is 2.